The fraction of sp³-hybridized carbons (Fsp3) is 0.250. The molecular weight excluding hydrogens is 382 g/mol. The van der Waals surface area contributed by atoms with Gasteiger partial charge in [-0.25, -0.2) is 0 Å². The first-order valence-corrected chi connectivity index (χ1v) is 9.17. The first kappa shape index (κ1) is 19.7. The summed E-state index contributed by atoms with van der Waals surface area (Å²) in [5, 5.41) is 7.33. The van der Waals surface area contributed by atoms with Crippen LogP contribution in [0.4, 0.5) is 0 Å². The van der Waals surface area contributed by atoms with E-state index in [-0.39, 0.29) is 12.5 Å². The summed E-state index contributed by atoms with van der Waals surface area (Å²) >= 11 is 5.88. The Morgan fingerprint density at radius 2 is 1.75 bits per heavy atom. The van der Waals surface area contributed by atoms with Crippen LogP contribution in [-0.2, 0) is 4.79 Å². The van der Waals surface area contributed by atoms with Crippen LogP contribution >= 0.6 is 11.6 Å². The van der Waals surface area contributed by atoms with E-state index in [1.165, 1.54) is 0 Å². The maximum Gasteiger partial charge on any atom is 0.258 e. The third-order valence-electron chi connectivity index (χ3n) is 3.80. The number of amides is 1. The van der Waals surface area contributed by atoms with Crippen LogP contribution in [0.25, 0.3) is 11.4 Å². The zero-order valence-electron chi connectivity index (χ0n) is 15.5. The molecule has 3 aromatic rings. The van der Waals surface area contributed by atoms with Crippen molar-refractivity contribution >= 4 is 17.5 Å². The molecule has 1 atom stereocenters. The average Bonchev–Trinajstić information content (AvgIpc) is 3.19. The largest absolute Gasteiger partial charge is 0.494 e. The molecule has 0 aliphatic heterocycles. The van der Waals surface area contributed by atoms with Gasteiger partial charge >= 0.3 is 0 Å². The zero-order valence-corrected chi connectivity index (χ0v) is 16.3. The van der Waals surface area contributed by atoms with Crippen molar-refractivity contribution < 1.29 is 18.8 Å². The zero-order chi connectivity index (χ0) is 19.9. The molecule has 0 spiro atoms. The Bertz CT molecular complexity index is 910. The van der Waals surface area contributed by atoms with E-state index in [1.54, 1.807) is 55.5 Å². The Morgan fingerprint density at radius 3 is 2.39 bits per heavy atom. The quantitative estimate of drug-likeness (QED) is 0.612. The van der Waals surface area contributed by atoms with E-state index in [1.807, 2.05) is 6.92 Å². The van der Waals surface area contributed by atoms with Crippen LogP contribution < -0.4 is 14.8 Å². The minimum Gasteiger partial charge on any atom is -0.494 e. The summed E-state index contributed by atoms with van der Waals surface area (Å²) in [5.41, 5.74) is 0.775. The number of aromatic nitrogens is 2. The van der Waals surface area contributed by atoms with Crippen molar-refractivity contribution in [1.29, 1.82) is 0 Å². The minimum absolute atomic E-state index is 0.128. The average molecular weight is 402 g/mol. The molecule has 7 nitrogen and oxygen atoms in total. The van der Waals surface area contributed by atoms with Gasteiger partial charge in [-0.2, -0.15) is 4.98 Å². The molecule has 1 N–H and O–H groups in total. The highest BCUT2D eigenvalue weighted by Gasteiger charge is 2.17. The maximum absolute atomic E-state index is 12.1. The number of nitrogens with zero attached hydrogens (tertiary/aromatic N) is 2. The molecule has 28 heavy (non-hydrogen) atoms. The fourth-order valence-corrected chi connectivity index (χ4v) is 2.55. The van der Waals surface area contributed by atoms with E-state index in [4.69, 9.17) is 25.6 Å². The fourth-order valence-electron chi connectivity index (χ4n) is 2.42. The van der Waals surface area contributed by atoms with Crippen LogP contribution in [0.1, 0.15) is 25.8 Å². The Hall–Kier alpha value is -3.06. The molecule has 0 bridgehead atoms. The predicted octanol–water partition coefficient (Wildman–Crippen LogP) is 4.04. The number of carbonyl (C=O) groups is 1. The van der Waals surface area contributed by atoms with Crippen LogP contribution in [0.2, 0.25) is 5.02 Å². The molecule has 0 saturated heterocycles. The van der Waals surface area contributed by atoms with Gasteiger partial charge in [0.1, 0.15) is 17.5 Å². The molecule has 1 heterocycles. The maximum atomic E-state index is 12.1. The minimum atomic E-state index is -0.454. The van der Waals surface area contributed by atoms with Gasteiger partial charge in [-0.05, 0) is 62.4 Å². The van der Waals surface area contributed by atoms with Crippen molar-refractivity contribution in [1.82, 2.24) is 15.5 Å². The van der Waals surface area contributed by atoms with Crippen molar-refractivity contribution in [2.75, 3.05) is 13.2 Å². The predicted molar refractivity (Wildman–Crippen MR) is 104 cm³/mol. The van der Waals surface area contributed by atoms with Crippen molar-refractivity contribution in [3.63, 3.8) is 0 Å². The number of halogens is 1. The SMILES string of the molecule is CCOc1ccc(OCC(=O)NC(C)c2nc(-c3ccc(Cl)cc3)no2)cc1. The van der Waals surface area contributed by atoms with Crippen LogP contribution in [0, 0.1) is 0 Å². The van der Waals surface area contributed by atoms with Gasteiger partial charge in [-0.15, -0.1) is 0 Å². The Labute approximate surface area is 167 Å². The van der Waals surface area contributed by atoms with Crippen molar-refractivity contribution in [3.05, 3.63) is 59.4 Å². The second-order valence-corrected chi connectivity index (χ2v) is 6.38. The van der Waals surface area contributed by atoms with E-state index in [9.17, 15) is 4.79 Å². The van der Waals surface area contributed by atoms with Crippen molar-refractivity contribution in [3.8, 4) is 22.9 Å². The summed E-state index contributed by atoms with van der Waals surface area (Å²) in [6.45, 7) is 4.14. The van der Waals surface area contributed by atoms with Gasteiger partial charge in [0.2, 0.25) is 11.7 Å². The van der Waals surface area contributed by atoms with E-state index in [0.717, 1.165) is 11.3 Å². The summed E-state index contributed by atoms with van der Waals surface area (Å²) in [7, 11) is 0. The first-order valence-electron chi connectivity index (χ1n) is 8.79. The first-order chi connectivity index (χ1) is 13.5. The molecule has 1 unspecified atom stereocenters. The number of benzene rings is 2. The lowest BCUT2D eigenvalue weighted by atomic mass is 10.2. The molecule has 2 aromatic carbocycles. The van der Waals surface area contributed by atoms with Crippen LogP contribution in [-0.4, -0.2) is 29.3 Å². The Kier molecular flexibility index (Phi) is 6.49. The molecule has 0 aliphatic carbocycles. The lowest BCUT2D eigenvalue weighted by Gasteiger charge is -2.11. The molecule has 146 valence electrons. The van der Waals surface area contributed by atoms with Crippen LogP contribution in [0.3, 0.4) is 0 Å². The van der Waals surface area contributed by atoms with Crippen LogP contribution in [0.15, 0.2) is 53.1 Å². The van der Waals surface area contributed by atoms with Gasteiger partial charge in [0.15, 0.2) is 6.61 Å². The van der Waals surface area contributed by atoms with Crippen LogP contribution in [0.5, 0.6) is 11.5 Å². The number of ether oxygens (including phenoxy) is 2. The summed E-state index contributed by atoms with van der Waals surface area (Å²) in [5.74, 6) is 1.76. The van der Waals surface area contributed by atoms with Gasteiger partial charge in [0.05, 0.1) is 6.61 Å². The van der Waals surface area contributed by atoms with E-state index < -0.39 is 6.04 Å². The topological polar surface area (TPSA) is 86.5 Å². The highest BCUT2D eigenvalue weighted by atomic mass is 35.5. The molecule has 1 aromatic heterocycles. The monoisotopic (exact) mass is 401 g/mol. The number of nitrogens with one attached hydrogen (secondary N) is 1. The lowest BCUT2D eigenvalue weighted by molar-refractivity contribution is -0.123. The van der Waals surface area contributed by atoms with Crippen molar-refractivity contribution in [2.24, 2.45) is 0 Å². The highest BCUT2D eigenvalue weighted by Crippen LogP contribution is 2.21. The Morgan fingerprint density at radius 1 is 1.11 bits per heavy atom. The molecule has 1 amide bonds. The number of rotatable bonds is 8. The van der Waals surface area contributed by atoms with E-state index in [0.29, 0.717) is 29.1 Å². The number of carbonyl (C=O) groups excluding carboxylic acids is 1. The smallest absolute Gasteiger partial charge is 0.258 e. The summed E-state index contributed by atoms with van der Waals surface area (Å²) in [6.07, 6.45) is 0. The van der Waals surface area contributed by atoms with Gasteiger partial charge < -0.3 is 19.3 Å². The number of hydrogen-bond acceptors (Lipinski definition) is 6. The summed E-state index contributed by atoms with van der Waals surface area (Å²) in [4.78, 5) is 16.4. The second-order valence-electron chi connectivity index (χ2n) is 5.95. The van der Waals surface area contributed by atoms with Gasteiger partial charge in [0, 0.05) is 10.6 Å². The van der Waals surface area contributed by atoms with E-state index in [2.05, 4.69) is 15.5 Å². The Balaban J connectivity index is 1.52. The normalized spacial score (nSPS) is 11.7. The molecule has 0 radical (unpaired) electrons. The highest BCUT2D eigenvalue weighted by molar-refractivity contribution is 6.30. The number of hydrogen-bond donors (Lipinski definition) is 1. The van der Waals surface area contributed by atoms with E-state index >= 15 is 0 Å². The molecule has 0 saturated carbocycles. The summed E-state index contributed by atoms with van der Waals surface area (Å²) in [6, 6.07) is 13.7. The third kappa shape index (κ3) is 5.23. The molecular formula is C20H20ClN3O4. The lowest BCUT2D eigenvalue weighted by Crippen LogP contribution is -2.31. The summed E-state index contributed by atoms with van der Waals surface area (Å²) < 4.78 is 16.1. The molecule has 3 rings (SSSR count). The van der Waals surface area contributed by atoms with Gasteiger partial charge in [0.25, 0.3) is 5.91 Å². The second kappa shape index (κ2) is 9.23. The molecule has 0 fully saturated rings. The van der Waals surface area contributed by atoms with Gasteiger partial charge in [-0.1, -0.05) is 16.8 Å². The van der Waals surface area contributed by atoms with Crippen molar-refractivity contribution in [2.45, 2.75) is 19.9 Å². The third-order valence-corrected chi connectivity index (χ3v) is 4.05. The van der Waals surface area contributed by atoms with Gasteiger partial charge in [-0.3, -0.25) is 4.79 Å². The molecule has 0 aliphatic rings. The standard InChI is InChI=1S/C20H20ClN3O4/c1-3-26-16-8-10-17(11-9-16)27-12-18(25)22-13(2)20-23-19(24-28-20)14-4-6-15(21)7-5-14/h4-11,13H,3,12H2,1-2H3,(H,22,25). The molecule has 8 heteroatoms.